The highest BCUT2D eigenvalue weighted by Crippen LogP contribution is 2.38. The molecule has 2 unspecified atom stereocenters. The molecule has 2 saturated heterocycles. The number of piperidine rings is 1. The quantitative estimate of drug-likeness (QED) is 0.898. The number of nitrogens with zero attached hydrogens (tertiary/aromatic N) is 1. The molecule has 6 heteroatoms. The molecule has 0 aromatic heterocycles. The average molecular weight is 358 g/mol. The molecule has 2 aliphatic heterocycles. The number of carbonyl (C=O) groups excluding carboxylic acids is 2. The van der Waals surface area contributed by atoms with E-state index in [1.807, 2.05) is 17.0 Å². The van der Waals surface area contributed by atoms with Crippen LogP contribution in [0.25, 0.3) is 0 Å². The lowest BCUT2D eigenvalue weighted by atomic mass is 9.95. The first-order valence-electron chi connectivity index (χ1n) is 9.55. The summed E-state index contributed by atoms with van der Waals surface area (Å²) in [6.07, 6.45) is 2.69. The van der Waals surface area contributed by atoms with Crippen LogP contribution >= 0.6 is 0 Å². The van der Waals surface area contributed by atoms with Crippen LogP contribution in [-0.4, -0.2) is 49.3 Å². The Hall–Kier alpha value is -1.92. The molecule has 0 bridgehead atoms. The predicted octanol–water partition coefficient (Wildman–Crippen LogP) is 2.51. The molecule has 1 aromatic rings. The number of hydrogen-bond acceptors (Lipinski definition) is 4. The summed E-state index contributed by atoms with van der Waals surface area (Å²) < 4.78 is 11.2. The molecule has 3 fully saturated rings. The normalized spacial score (nSPS) is 26.7. The number of benzene rings is 1. The van der Waals surface area contributed by atoms with Crippen LogP contribution in [0.1, 0.15) is 36.5 Å². The Kier molecular flexibility index (Phi) is 4.96. The maximum Gasteiger partial charge on any atom is 0.253 e. The summed E-state index contributed by atoms with van der Waals surface area (Å²) in [7, 11) is 0. The molecular weight excluding hydrogens is 332 g/mol. The summed E-state index contributed by atoms with van der Waals surface area (Å²) in [5, 5.41) is 2.93. The Bertz CT molecular complexity index is 661. The molecule has 6 nitrogen and oxygen atoms in total. The van der Waals surface area contributed by atoms with Gasteiger partial charge in [-0.3, -0.25) is 9.59 Å². The monoisotopic (exact) mass is 358 g/mol. The smallest absolute Gasteiger partial charge is 0.253 e. The molecule has 1 N–H and O–H groups in total. The predicted molar refractivity (Wildman–Crippen MR) is 96.7 cm³/mol. The van der Waals surface area contributed by atoms with Gasteiger partial charge in [-0.05, 0) is 49.4 Å². The number of likely N-dealkylation sites (tertiary alicyclic amines) is 1. The van der Waals surface area contributed by atoms with Gasteiger partial charge in [-0.15, -0.1) is 0 Å². The fourth-order valence-electron chi connectivity index (χ4n) is 3.82. The van der Waals surface area contributed by atoms with Crippen molar-refractivity contribution in [1.29, 1.82) is 0 Å². The molecule has 2 heterocycles. The van der Waals surface area contributed by atoms with Gasteiger partial charge >= 0.3 is 0 Å². The third kappa shape index (κ3) is 3.76. The molecule has 0 radical (unpaired) electrons. The lowest BCUT2D eigenvalue weighted by molar-refractivity contribution is -0.117. The minimum absolute atomic E-state index is 0.0467. The fourth-order valence-corrected chi connectivity index (χ4v) is 3.82. The highest BCUT2D eigenvalue weighted by atomic mass is 16.7. The molecule has 1 aromatic carbocycles. The first-order chi connectivity index (χ1) is 12.6. The van der Waals surface area contributed by atoms with Crippen LogP contribution in [-0.2, 0) is 14.3 Å². The molecule has 1 aliphatic carbocycles. The van der Waals surface area contributed by atoms with Crippen molar-refractivity contribution in [3.63, 3.8) is 0 Å². The Balaban J connectivity index is 1.30. The van der Waals surface area contributed by atoms with Crippen molar-refractivity contribution >= 4 is 17.5 Å². The maximum atomic E-state index is 12.7. The van der Waals surface area contributed by atoms with Gasteiger partial charge < -0.3 is 19.7 Å². The SMILES string of the molecule is CC1CC1C(=O)Nc1ccc(C(=O)N2CCC(C3OCCO3)CC2)cc1. The molecular formula is C20H26N2O4. The van der Waals surface area contributed by atoms with Crippen molar-refractivity contribution in [3.05, 3.63) is 29.8 Å². The number of amides is 2. The van der Waals surface area contributed by atoms with Crippen molar-refractivity contribution in [1.82, 2.24) is 4.90 Å². The summed E-state index contributed by atoms with van der Waals surface area (Å²) in [4.78, 5) is 26.6. The number of carbonyl (C=O) groups is 2. The minimum Gasteiger partial charge on any atom is -0.350 e. The molecule has 26 heavy (non-hydrogen) atoms. The lowest BCUT2D eigenvalue weighted by Crippen LogP contribution is -2.41. The molecule has 0 spiro atoms. The fraction of sp³-hybridized carbons (Fsp3) is 0.600. The zero-order valence-corrected chi connectivity index (χ0v) is 15.1. The molecule has 2 amide bonds. The van der Waals surface area contributed by atoms with Gasteiger partial charge in [0.05, 0.1) is 13.2 Å². The van der Waals surface area contributed by atoms with Crippen LogP contribution < -0.4 is 5.32 Å². The van der Waals surface area contributed by atoms with Crippen molar-refractivity contribution in [2.45, 2.75) is 32.5 Å². The van der Waals surface area contributed by atoms with Crippen molar-refractivity contribution in [2.24, 2.45) is 17.8 Å². The van der Waals surface area contributed by atoms with Crippen LogP contribution in [0.5, 0.6) is 0 Å². The van der Waals surface area contributed by atoms with Gasteiger partial charge in [0.1, 0.15) is 0 Å². The first kappa shape index (κ1) is 17.5. The number of rotatable bonds is 4. The topological polar surface area (TPSA) is 67.9 Å². The number of ether oxygens (including phenoxy) is 2. The standard InChI is InChI=1S/C20H26N2O4/c1-13-12-17(13)18(23)21-16-4-2-14(3-5-16)19(24)22-8-6-15(7-9-22)20-25-10-11-26-20/h2-5,13,15,17,20H,6-12H2,1H3,(H,21,23). The van der Waals surface area contributed by atoms with E-state index in [2.05, 4.69) is 12.2 Å². The summed E-state index contributed by atoms with van der Waals surface area (Å²) >= 11 is 0. The van der Waals surface area contributed by atoms with E-state index in [1.165, 1.54) is 0 Å². The van der Waals surface area contributed by atoms with Gasteiger partial charge in [0, 0.05) is 36.2 Å². The van der Waals surface area contributed by atoms with Crippen molar-refractivity contribution in [3.8, 4) is 0 Å². The summed E-state index contributed by atoms with van der Waals surface area (Å²) in [6.45, 7) is 4.88. The van der Waals surface area contributed by atoms with E-state index in [9.17, 15) is 9.59 Å². The van der Waals surface area contributed by atoms with Crippen LogP contribution in [0.3, 0.4) is 0 Å². The lowest BCUT2D eigenvalue weighted by Gasteiger charge is -2.33. The van der Waals surface area contributed by atoms with Crippen LogP contribution in [0.15, 0.2) is 24.3 Å². The van der Waals surface area contributed by atoms with Crippen LogP contribution in [0, 0.1) is 17.8 Å². The van der Waals surface area contributed by atoms with Crippen molar-refractivity contribution < 1.29 is 19.1 Å². The summed E-state index contributed by atoms with van der Waals surface area (Å²) in [5.74, 6) is 1.13. The molecule has 140 valence electrons. The Morgan fingerprint density at radius 3 is 2.27 bits per heavy atom. The molecule has 3 aliphatic rings. The third-order valence-corrected chi connectivity index (χ3v) is 5.70. The number of nitrogens with one attached hydrogen (secondary N) is 1. The van der Waals surface area contributed by atoms with Crippen molar-refractivity contribution in [2.75, 3.05) is 31.6 Å². The molecule has 4 rings (SSSR count). The second-order valence-corrected chi connectivity index (χ2v) is 7.63. The third-order valence-electron chi connectivity index (χ3n) is 5.70. The van der Waals surface area contributed by atoms with E-state index in [1.54, 1.807) is 12.1 Å². The average Bonchev–Trinajstić information content (AvgIpc) is 3.17. The molecule has 2 atom stereocenters. The zero-order valence-electron chi connectivity index (χ0n) is 15.1. The van der Waals surface area contributed by atoms with E-state index in [0.29, 0.717) is 30.6 Å². The van der Waals surface area contributed by atoms with E-state index >= 15 is 0 Å². The van der Waals surface area contributed by atoms with Crippen LogP contribution in [0.4, 0.5) is 5.69 Å². The Labute approximate surface area is 153 Å². The Morgan fingerprint density at radius 1 is 1.08 bits per heavy atom. The number of hydrogen-bond donors (Lipinski definition) is 1. The highest BCUT2D eigenvalue weighted by molar-refractivity contribution is 5.97. The van der Waals surface area contributed by atoms with Gasteiger partial charge in [0.25, 0.3) is 5.91 Å². The van der Waals surface area contributed by atoms with Gasteiger partial charge in [-0.25, -0.2) is 0 Å². The van der Waals surface area contributed by atoms with Gasteiger partial charge in [-0.1, -0.05) is 6.92 Å². The second-order valence-electron chi connectivity index (χ2n) is 7.63. The summed E-state index contributed by atoms with van der Waals surface area (Å²) in [6, 6.07) is 7.21. The number of anilines is 1. The first-order valence-corrected chi connectivity index (χ1v) is 9.55. The van der Waals surface area contributed by atoms with Crippen LogP contribution in [0.2, 0.25) is 0 Å². The summed E-state index contributed by atoms with van der Waals surface area (Å²) in [5.41, 5.74) is 1.41. The van der Waals surface area contributed by atoms with Gasteiger partial charge in [0.2, 0.25) is 5.91 Å². The van der Waals surface area contributed by atoms with Gasteiger partial charge in [-0.2, -0.15) is 0 Å². The molecule has 1 saturated carbocycles. The zero-order chi connectivity index (χ0) is 18.1. The van der Waals surface area contributed by atoms with E-state index in [4.69, 9.17) is 9.47 Å². The minimum atomic E-state index is -0.0932. The van der Waals surface area contributed by atoms with E-state index in [-0.39, 0.29) is 24.0 Å². The largest absolute Gasteiger partial charge is 0.350 e. The van der Waals surface area contributed by atoms with Gasteiger partial charge in [0.15, 0.2) is 6.29 Å². The van der Waals surface area contributed by atoms with E-state index in [0.717, 1.165) is 38.0 Å². The maximum absolute atomic E-state index is 12.7. The highest BCUT2D eigenvalue weighted by Gasteiger charge is 2.39. The van der Waals surface area contributed by atoms with E-state index < -0.39 is 0 Å². The Morgan fingerprint density at radius 2 is 1.69 bits per heavy atom. The second kappa shape index (κ2) is 7.37.